The molecule has 0 bridgehead atoms. The van der Waals surface area contributed by atoms with Gasteiger partial charge in [-0.25, -0.2) is 0 Å². The van der Waals surface area contributed by atoms with Crippen LogP contribution < -0.4 is 5.56 Å². The smallest absolute Gasteiger partial charge is 0.247 e. The molecule has 0 fully saturated rings. The van der Waals surface area contributed by atoms with Crippen LogP contribution in [0.15, 0.2) is 59.5 Å². The molecule has 0 aliphatic carbocycles. The molecule has 3 heteroatoms. The molecule has 0 aliphatic rings. The molecule has 0 unspecified atom stereocenters. The largest absolute Gasteiger partial charge is 0.329 e. The first-order valence-corrected chi connectivity index (χ1v) is 4.51. The molecule has 0 radical (unpaired) electrons. The average molecular weight is 208 g/mol. The first-order valence-electron chi connectivity index (χ1n) is 4.13. The molecular weight excluding hydrogens is 198 g/mol. The number of pyridine rings is 1. The number of hydrogen-bond acceptors (Lipinski definition) is 1. The van der Waals surface area contributed by atoms with E-state index in [-0.39, 0.29) is 5.56 Å². The third-order valence-electron chi connectivity index (χ3n) is 1.41. The highest BCUT2D eigenvalue weighted by Gasteiger charge is 1.75. The van der Waals surface area contributed by atoms with Crippen LogP contribution in [-0.2, 0) is 0 Å². The molecule has 14 heavy (non-hydrogen) atoms. The summed E-state index contributed by atoms with van der Waals surface area (Å²) >= 11 is 5.54. The van der Waals surface area contributed by atoms with E-state index in [0.717, 1.165) is 5.02 Å². The molecule has 72 valence electrons. The molecule has 1 heterocycles. The first kappa shape index (κ1) is 10.5. The van der Waals surface area contributed by atoms with E-state index in [4.69, 9.17) is 11.6 Å². The average Bonchev–Trinajstić information content (AvgIpc) is 2.21. The van der Waals surface area contributed by atoms with E-state index in [1.165, 1.54) is 6.07 Å². The van der Waals surface area contributed by atoms with Crippen molar-refractivity contribution in [2.75, 3.05) is 0 Å². The molecule has 2 aromatic rings. The topological polar surface area (TPSA) is 32.9 Å². The van der Waals surface area contributed by atoms with Gasteiger partial charge in [-0.1, -0.05) is 35.9 Å². The summed E-state index contributed by atoms with van der Waals surface area (Å²) in [6.45, 7) is 0. The van der Waals surface area contributed by atoms with Crippen molar-refractivity contribution in [2.24, 2.45) is 0 Å². The third-order valence-corrected chi connectivity index (χ3v) is 1.67. The summed E-state index contributed by atoms with van der Waals surface area (Å²) in [6, 6.07) is 14.4. The molecule has 2 rings (SSSR count). The van der Waals surface area contributed by atoms with Gasteiger partial charge >= 0.3 is 0 Å². The van der Waals surface area contributed by atoms with Crippen molar-refractivity contribution < 1.29 is 0 Å². The first-order chi connectivity index (χ1) is 6.79. The zero-order valence-electron chi connectivity index (χ0n) is 7.48. The van der Waals surface area contributed by atoms with Crippen molar-refractivity contribution in [1.82, 2.24) is 4.98 Å². The van der Waals surface area contributed by atoms with Crippen LogP contribution in [-0.4, -0.2) is 4.98 Å². The Hall–Kier alpha value is -1.54. The number of nitrogens with one attached hydrogen (secondary N) is 1. The van der Waals surface area contributed by atoms with Crippen molar-refractivity contribution in [3.05, 3.63) is 70.1 Å². The molecule has 0 amide bonds. The van der Waals surface area contributed by atoms with Gasteiger partial charge in [-0.15, -0.1) is 0 Å². The van der Waals surface area contributed by atoms with Crippen molar-refractivity contribution in [1.29, 1.82) is 0 Å². The van der Waals surface area contributed by atoms with Crippen molar-refractivity contribution in [2.45, 2.75) is 0 Å². The van der Waals surface area contributed by atoms with Gasteiger partial charge in [0.05, 0.1) is 0 Å². The van der Waals surface area contributed by atoms with E-state index in [9.17, 15) is 4.79 Å². The van der Waals surface area contributed by atoms with Crippen molar-refractivity contribution in [3.63, 3.8) is 0 Å². The van der Waals surface area contributed by atoms with Crippen LogP contribution >= 0.6 is 11.6 Å². The Morgan fingerprint density at radius 1 is 0.929 bits per heavy atom. The van der Waals surface area contributed by atoms with Gasteiger partial charge in [0, 0.05) is 17.3 Å². The fraction of sp³-hybridized carbons (Fsp3) is 0. The van der Waals surface area contributed by atoms with Gasteiger partial charge in [-0.2, -0.15) is 0 Å². The number of benzene rings is 1. The SMILES string of the molecule is Clc1ccccc1.O=c1cccc[nH]1. The molecule has 0 saturated heterocycles. The fourth-order valence-corrected chi connectivity index (χ4v) is 0.937. The number of aromatic amines is 1. The van der Waals surface area contributed by atoms with Gasteiger partial charge in [0.2, 0.25) is 5.56 Å². The maximum Gasteiger partial charge on any atom is 0.247 e. The van der Waals surface area contributed by atoms with Crippen LogP contribution in [0.1, 0.15) is 0 Å². The Morgan fingerprint density at radius 2 is 1.57 bits per heavy atom. The summed E-state index contributed by atoms with van der Waals surface area (Å²) in [4.78, 5) is 12.7. The highest BCUT2D eigenvalue weighted by Crippen LogP contribution is 2.03. The zero-order chi connectivity index (χ0) is 10.2. The molecule has 0 saturated carbocycles. The summed E-state index contributed by atoms with van der Waals surface area (Å²) in [5, 5.41) is 0.794. The van der Waals surface area contributed by atoms with Gasteiger partial charge in [0.1, 0.15) is 0 Å². The predicted octanol–water partition coefficient (Wildman–Crippen LogP) is 2.71. The maximum atomic E-state index is 10.2. The molecule has 0 atom stereocenters. The molecule has 1 aromatic carbocycles. The molecule has 1 N–H and O–H groups in total. The number of rotatable bonds is 0. The Kier molecular flexibility index (Phi) is 4.51. The second-order valence-corrected chi connectivity index (χ2v) is 2.96. The van der Waals surface area contributed by atoms with E-state index in [2.05, 4.69) is 4.98 Å². The molecular formula is C11H10ClNO. The Balaban J connectivity index is 0.000000140. The molecule has 0 aliphatic heterocycles. The van der Waals surface area contributed by atoms with Crippen LogP contribution in [0.4, 0.5) is 0 Å². The minimum Gasteiger partial charge on any atom is -0.329 e. The van der Waals surface area contributed by atoms with Gasteiger partial charge in [-0.05, 0) is 18.2 Å². The highest BCUT2D eigenvalue weighted by atomic mass is 35.5. The van der Waals surface area contributed by atoms with Crippen LogP contribution in [0, 0.1) is 0 Å². The van der Waals surface area contributed by atoms with E-state index >= 15 is 0 Å². The van der Waals surface area contributed by atoms with Crippen LogP contribution in [0.25, 0.3) is 0 Å². The summed E-state index contributed by atoms with van der Waals surface area (Å²) in [7, 11) is 0. The normalized spacial score (nSPS) is 8.64. The Bertz CT molecular complexity index is 393. The van der Waals surface area contributed by atoms with Gasteiger partial charge in [0.15, 0.2) is 0 Å². The number of aromatic nitrogens is 1. The third kappa shape index (κ3) is 4.48. The zero-order valence-corrected chi connectivity index (χ0v) is 8.24. The highest BCUT2D eigenvalue weighted by molar-refractivity contribution is 6.30. The molecule has 0 spiro atoms. The second-order valence-electron chi connectivity index (χ2n) is 2.52. The van der Waals surface area contributed by atoms with Crippen molar-refractivity contribution in [3.8, 4) is 0 Å². The lowest BCUT2D eigenvalue weighted by atomic mass is 10.4. The van der Waals surface area contributed by atoms with E-state index in [1.54, 1.807) is 18.3 Å². The van der Waals surface area contributed by atoms with Gasteiger partial charge in [0.25, 0.3) is 0 Å². The number of H-pyrrole nitrogens is 1. The molecule has 2 nitrogen and oxygen atoms in total. The fourth-order valence-electron chi connectivity index (χ4n) is 0.792. The van der Waals surface area contributed by atoms with E-state index in [1.807, 2.05) is 30.3 Å². The summed E-state index contributed by atoms with van der Waals surface area (Å²) in [5.74, 6) is 0. The van der Waals surface area contributed by atoms with Crippen LogP contribution in [0.3, 0.4) is 0 Å². The summed E-state index contributed by atoms with van der Waals surface area (Å²) in [5.41, 5.74) is -0.0532. The maximum absolute atomic E-state index is 10.2. The summed E-state index contributed by atoms with van der Waals surface area (Å²) in [6.07, 6.45) is 1.60. The van der Waals surface area contributed by atoms with Crippen LogP contribution in [0.5, 0.6) is 0 Å². The Morgan fingerprint density at radius 3 is 1.86 bits per heavy atom. The van der Waals surface area contributed by atoms with Gasteiger partial charge in [-0.3, -0.25) is 4.79 Å². The number of hydrogen-bond donors (Lipinski definition) is 1. The quantitative estimate of drug-likeness (QED) is 0.708. The van der Waals surface area contributed by atoms with E-state index in [0.29, 0.717) is 0 Å². The van der Waals surface area contributed by atoms with Gasteiger partial charge < -0.3 is 4.98 Å². The molecule has 1 aromatic heterocycles. The standard InChI is InChI=1S/C6H5Cl.C5H5NO/c7-6-4-2-1-3-5-6;7-5-3-1-2-4-6-5/h1-5H;1-4H,(H,6,7). The predicted molar refractivity (Wildman–Crippen MR) is 58.5 cm³/mol. The lowest BCUT2D eigenvalue weighted by molar-refractivity contribution is 1.24. The van der Waals surface area contributed by atoms with Crippen molar-refractivity contribution >= 4 is 11.6 Å². The van der Waals surface area contributed by atoms with E-state index < -0.39 is 0 Å². The van der Waals surface area contributed by atoms with Crippen LogP contribution in [0.2, 0.25) is 5.02 Å². The number of halogens is 1. The minimum atomic E-state index is -0.0532. The lowest BCUT2D eigenvalue weighted by Crippen LogP contribution is -1.98. The second kappa shape index (κ2) is 6.00. The minimum absolute atomic E-state index is 0.0532. The summed E-state index contributed by atoms with van der Waals surface area (Å²) < 4.78 is 0. The Labute approximate surface area is 87.2 Å². The monoisotopic (exact) mass is 207 g/mol. The lowest BCUT2D eigenvalue weighted by Gasteiger charge is -1.80.